The van der Waals surface area contributed by atoms with Crippen LogP contribution in [0.3, 0.4) is 0 Å². The van der Waals surface area contributed by atoms with Gasteiger partial charge >= 0.3 is 0 Å². The second kappa shape index (κ2) is 8.63. The summed E-state index contributed by atoms with van der Waals surface area (Å²) in [6.45, 7) is 4.18. The number of ether oxygens (including phenoxy) is 1. The Bertz CT molecular complexity index is 1070. The van der Waals surface area contributed by atoms with Gasteiger partial charge in [0.2, 0.25) is 0 Å². The number of hydrogen-bond acceptors (Lipinski definition) is 5. The Labute approximate surface area is 187 Å². The molecule has 0 radical (unpaired) electrons. The first-order valence-corrected chi connectivity index (χ1v) is 12.1. The predicted molar refractivity (Wildman–Crippen MR) is 125 cm³/mol. The van der Waals surface area contributed by atoms with E-state index in [2.05, 4.69) is 4.90 Å². The van der Waals surface area contributed by atoms with Gasteiger partial charge in [-0.3, -0.25) is 9.48 Å². The van der Waals surface area contributed by atoms with E-state index in [0.717, 1.165) is 58.0 Å². The van der Waals surface area contributed by atoms with Crippen molar-refractivity contribution in [2.45, 2.75) is 38.1 Å². The average Bonchev–Trinajstić information content (AvgIpc) is 3.40. The number of nitrogens with zero attached hydrogens (tertiary/aromatic N) is 4. The molecule has 0 N–H and O–H groups in total. The highest BCUT2D eigenvalue weighted by molar-refractivity contribution is 7.20. The molecule has 1 amide bonds. The molecule has 2 aliphatic heterocycles. The zero-order valence-electron chi connectivity index (χ0n) is 18.3. The van der Waals surface area contributed by atoms with Crippen molar-refractivity contribution in [3.05, 3.63) is 35.2 Å². The minimum atomic E-state index is 0.162. The van der Waals surface area contributed by atoms with Crippen molar-refractivity contribution in [1.29, 1.82) is 0 Å². The van der Waals surface area contributed by atoms with Gasteiger partial charge in [0.25, 0.3) is 5.91 Å². The molecule has 5 rings (SSSR count). The molecule has 7 heteroatoms. The van der Waals surface area contributed by atoms with Gasteiger partial charge in [0.15, 0.2) is 0 Å². The Hall–Kier alpha value is -2.38. The topological polar surface area (TPSA) is 50.6 Å². The van der Waals surface area contributed by atoms with E-state index in [4.69, 9.17) is 9.84 Å². The fourth-order valence-electron chi connectivity index (χ4n) is 5.00. The van der Waals surface area contributed by atoms with E-state index in [1.807, 2.05) is 47.0 Å². The number of aryl methyl sites for hydroxylation is 1. The Kier molecular flexibility index (Phi) is 5.71. The van der Waals surface area contributed by atoms with Crippen molar-refractivity contribution in [2.24, 2.45) is 7.05 Å². The second-order valence-electron chi connectivity index (χ2n) is 8.65. The van der Waals surface area contributed by atoms with Crippen molar-refractivity contribution in [3.8, 4) is 17.0 Å². The van der Waals surface area contributed by atoms with Crippen LogP contribution in [-0.4, -0.2) is 64.8 Å². The Morgan fingerprint density at radius 1 is 1.10 bits per heavy atom. The third kappa shape index (κ3) is 3.96. The number of hydrogen-bond donors (Lipinski definition) is 0. The van der Waals surface area contributed by atoms with E-state index in [0.29, 0.717) is 6.04 Å². The van der Waals surface area contributed by atoms with Crippen molar-refractivity contribution in [1.82, 2.24) is 19.6 Å². The van der Waals surface area contributed by atoms with Crippen LogP contribution < -0.4 is 4.74 Å². The number of methoxy groups -OCH3 is 1. The number of fused-ring (bicyclic) bond motifs is 1. The largest absolute Gasteiger partial charge is 0.497 e. The quantitative estimate of drug-likeness (QED) is 0.606. The highest BCUT2D eigenvalue weighted by Gasteiger charge is 2.29. The average molecular weight is 439 g/mol. The molecule has 0 atom stereocenters. The smallest absolute Gasteiger partial charge is 0.264 e. The lowest BCUT2D eigenvalue weighted by molar-refractivity contribution is 0.0594. The molecule has 6 nitrogen and oxygen atoms in total. The lowest BCUT2D eigenvalue weighted by Crippen LogP contribution is -2.48. The maximum Gasteiger partial charge on any atom is 0.264 e. The minimum Gasteiger partial charge on any atom is -0.497 e. The van der Waals surface area contributed by atoms with Crippen LogP contribution in [-0.2, 0) is 7.05 Å². The van der Waals surface area contributed by atoms with E-state index >= 15 is 0 Å². The predicted octanol–water partition coefficient (Wildman–Crippen LogP) is 4.40. The zero-order chi connectivity index (χ0) is 21.4. The molecular formula is C24H30N4O2S. The molecular weight excluding hydrogens is 408 g/mol. The third-order valence-corrected chi connectivity index (χ3v) is 7.91. The number of rotatable bonds is 4. The van der Waals surface area contributed by atoms with Crippen LogP contribution in [0.25, 0.3) is 21.5 Å². The molecule has 4 heterocycles. The highest BCUT2D eigenvalue weighted by atomic mass is 32.1. The van der Waals surface area contributed by atoms with E-state index in [9.17, 15) is 4.79 Å². The van der Waals surface area contributed by atoms with Crippen molar-refractivity contribution in [3.63, 3.8) is 0 Å². The van der Waals surface area contributed by atoms with Crippen LogP contribution in [0, 0.1) is 0 Å². The highest BCUT2D eigenvalue weighted by Crippen LogP contribution is 2.35. The van der Waals surface area contributed by atoms with Crippen molar-refractivity contribution >= 4 is 27.5 Å². The van der Waals surface area contributed by atoms with Crippen LogP contribution >= 0.6 is 11.3 Å². The lowest BCUT2D eigenvalue weighted by atomic mass is 10.00. The van der Waals surface area contributed by atoms with Gasteiger partial charge in [-0.25, -0.2) is 0 Å². The van der Waals surface area contributed by atoms with Crippen LogP contribution in [0.5, 0.6) is 5.75 Å². The number of carbonyl (C=O) groups is 1. The van der Waals surface area contributed by atoms with Gasteiger partial charge in [0.1, 0.15) is 16.3 Å². The van der Waals surface area contributed by atoms with Gasteiger partial charge in [-0.05, 0) is 57.0 Å². The molecule has 2 aliphatic rings. The van der Waals surface area contributed by atoms with E-state index in [-0.39, 0.29) is 5.91 Å². The number of likely N-dealkylation sites (tertiary alicyclic amines) is 2. The number of carbonyl (C=O) groups excluding carboxylic acids is 1. The summed E-state index contributed by atoms with van der Waals surface area (Å²) in [6.07, 6.45) is 6.20. The minimum absolute atomic E-state index is 0.162. The summed E-state index contributed by atoms with van der Waals surface area (Å²) in [5.41, 5.74) is 1.90. The number of amides is 1. The molecule has 0 aliphatic carbocycles. The maximum atomic E-state index is 13.3. The summed E-state index contributed by atoms with van der Waals surface area (Å²) < 4.78 is 7.26. The van der Waals surface area contributed by atoms with Crippen molar-refractivity contribution in [2.75, 3.05) is 33.3 Å². The van der Waals surface area contributed by atoms with Gasteiger partial charge in [0.05, 0.1) is 12.0 Å². The summed E-state index contributed by atoms with van der Waals surface area (Å²) in [4.78, 5) is 19.8. The zero-order valence-corrected chi connectivity index (χ0v) is 19.2. The molecule has 0 saturated carbocycles. The molecule has 31 heavy (non-hydrogen) atoms. The number of benzene rings is 1. The Morgan fingerprint density at radius 3 is 2.61 bits per heavy atom. The summed E-state index contributed by atoms with van der Waals surface area (Å²) in [6, 6.07) is 10.6. The molecule has 2 saturated heterocycles. The molecule has 0 bridgehead atoms. The monoisotopic (exact) mass is 438 g/mol. The first-order chi connectivity index (χ1) is 15.1. The molecule has 3 aromatic rings. The third-order valence-electron chi connectivity index (χ3n) is 6.72. The van der Waals surface area contributed by atoms with Gasteiger partial charge < -0.3 is 14.5 Å². The van der Waals surface area contributed by atoms with Gasteiger partial charge in [-0.1, -0.05) is 18.6 Å². The normalized spacial score (nSPS) is 18.6. The van der Waals surface area contributed by atoms with Gasteiger partial charge in [-0.15, -0.1) is 11.3 Å². The molecule has 0 unspecified atom stereocenters. The Morgan fingerprint density at radius 2 is 1.87 bits per heavy atom. The fourth-order valence-corrected chi connectivity index (χ4v) is 6.04. The van der Waals surface area contributed by atoms with E-state index in [1.165, 1.54) is 32.4 Å². The van der Waals surface area contributed by atoms with Gasteiger partial charge in [-0.2, -0.15) is 5.10 Å². The summed E-state index contributed by atoms with van der Waals surface area (Å²) in [5.74, 6) is 0.967. The first-order valence-electron chi connectivity index (χ1n) is 11.3. The Balaban J connectivity index is 1.34. The molecule has 2 aromatic heterocycles. The fraction of sp³-hybridized carbons (Fsp3) is 0.500. The molecule has 1 aromatic carbocycles. The summed E-state index contributed by atoms with van der Waals surface area (Å²) in [7, 11) is 3.61. The summed E-state index contributed by atoms with van der Waals surface area (Å²) >= 11 is 1.55. The number of piperidine rings is 2. The standard InChI is InChI=1S/C24H30N4O2S/c1-26-24-20(22(25-26)17-7-6-8-19(15-17)30-2)16-21(31-24)23(29)28-13-9-18(10-14-28)27-11-4-3-5-12-27/h6-8,15-16,18H,3-5,9-14H2,1-2H3. The summed E-state index contributed by atoms with van der Waals surface area (Å²) in [5, 5.41) is 5.75. The van der Waals surface area contributed by atoms with Gasteiger partial charge in [0, 0.05) is 37.1 Å². The SMILES string of the molecule is COc1cccc(-c2nn(C)c3sc(C(=O)N4CCC(N5CCCCC5)CC4)cc23)c1. The van der Waals surface area contributed by atoms with Crippen LogP contribution in [0.15, 0.2) is 30.3 Å². The van der Waals surface area contributed by atoms with E-state index < -0.39 is 0 Å². The van der Waals surface area contributed by atoms with Crippen LogP contribution in [0.1, 0.15) is 41.8 Å². The number of aromatic nitrogens is 2. The van der Waals surface area contributed by atoms with Crippen LogP contribution in [0.2, 0.25) is 0 Å². The van der Waals surface area contributed by atoms with E-state index in [1.54, 1.807) is 18.4 Å². The number of thiophene rings is 1. The maximum absolute atomic E-state index is 13.3. The first kappa shape index (κ1) is 20.5. The second-order valence-corrected chi connectivity index (χ2v) is 9.68. The van der Waals surface area contributed by atoms with Crippen molar-refractivity contribution < 1.29 is 9.53 Å². The molecule has 0 spiro atoms. The lowest BCUT2D eigenvalue weighted by Gasteiger charge is -2.40. The molecule has 164 valence electrons. The van der Waals surface area contributed by atoms with Crippen LogP contribution in [0.4, 0.5) is 0 Å². The molecule has 2 fully saturated rings.